The lowest BCUT2D eigenvalue weighted by molar-refractivity contribution is 0.0669. The van der Waals surface area contributed by atoms with Gasteiger partial charge in [0, 0.05) is 13.1 Å². The van der Waals surface area contributed by atoms with Crippen LogP contribution in [0.1, 0.15) is 48.5 Å². The fourth-order valence-electron chi connectivity index (χ4n) is 4.06. The zero-order valence-corrected chi connectivity index (χ0v) is 22.3. The van der Waals surface area contributed by atoms with Gasteiger partial charge in [-0.05, 0) is 42.0 Å². The highest BCUT2D eigenvalue weighted by Gasteiger charge is 2.34. The molecule has 1 atom stereocenters. The van der Waals surface area contributed by atoms with E-state index in [1.165, 1.54) is 0 Å². The third-order valence-corrected chi connectivity index (χ3v) is 6.49. The summed E-state index contributed by atoms with van der Waals surface area (Å²) < 4.78 is 11.2. The van der Waals surface area contributed by atoms with Crippen LogP contribution in [0.15, 0.2) is 89.3 Å². The van der Waals surface area contributed by atoms with Crippen molar-refractivity contribution in [2.45, 2.75) is 39.7 Å². The molecule has 1 heterocycles. The summed E-state index contributed by atoms with van der Waals surface area (Å²) in [7, 11) is 0. The monoisotopic (exact) mass is 527 g/mol. The molecule has 4 amide bonds. The minimum atomic E-state index is -0.803. The summed E-state index contributed by atoms with van der Waals surface area (Å²) >= 11 is 0. The van der Waals surface area contributed by atoms with Gasteiger partial charge in [-0.2, -0.15) is 0 Å². The topological polar surface area (TPSA) is 93.0 Å². The van der Waals surface area contributed by atoms with Crippen molar-refractivity contribution in [3.05, 3.63) is 102 Å². The molecule has 39 heavy (non-hydrogen) atoms. The van der Waals surface area contributed by atoms with Crippen LogP contribution in [0.2, 0.25) is 0 Å². The molecule has 8 heteroatoms. The summed E-state index contributed by atoms with van der Waals surface area (Å²) in [6.07, 6.45) is 1.08. The van der Waals surface area contributed by atoms with Gasteiger partial charge in [0.2, 0.25) is 0 Å². The Kier molecular flexibility index (Phi) is 9.45. The number of carbonyl (C=O) groups excluding carboxylic acids is 3. The number of fused-ring (bicyclic) bond motifs is 1. The summed E-state index contributed by atoms with van der Waals surface area (Å²) in [6.45, 7) is 4.11. The molecule has 0 N–H and O–H groups in total. The van der Waals surface area contributed by atoms with Crippen molar-refractivity contribution in [1.29, 1.82) is 0 Å². The Morgan fingerprint density at radius 3 is 2.18 bits per heavy atom. The average molecular weight is 528 g/mol. The van der Waals surface area contributed by atoms with Gasteiger partial charge in [0.25, 0.3) is 5.89 Å². The predicted molar refractivity (Wildman–Crippen MR) is 148 cm³/mol. The van der Waals surface area contributed by atoms with Gasteiger partial charge >= 0.3 is 18.0 Å². The number of oxazole rings is 1. The Bertz CT molecular complexity index is 1350. The van der Waals surface area contributed by atoms with Crippen molar-refractivity contribution in [2.24, 2.45) is 5.92 Å². The maximum atomic E-state index is 13.9. The SMILES string of the molecule is CCC(C)CN(C(=O)OCc1ccccc1)C(=O)N(CCCc1ccccc1)C(=O)c1nc2ccccc2o1. The van der Waals surface area contributed by atoms with Crippen molar-refractivity contribution in [3.63, 3.8) is 0 Å². The molecule has 1 unspecified atom stereocenters. The molecule has 8 nitrogen and oxygen atoms in total. The number of urea groups is 1. The first-order valence-electron chi connectivity index (χ1n) is 13.2. The summed E-state index contributed by atoms with van der Waals surface area (Å²) in [5, 5.41) is 0. The molecule has 0 bridgehead atoms. The molecule has 0 aliphatic carbocycles. The van der Waals surface area contributed by atoms with E-state index in [0.29, 0.717) is 23.9 Å². The Hall–Kier alpha value is -4.46. The normalized spacial score (nSPS) is 11.6. The van der Waals surface area contributed by atoms with E-state index in [0.717, 1.165) is 27.3 Å². The lowest BCUT2D eigenvalue weighted by atomic mass is 10.1. The Morgan fingerprint density at radius 2 is 1.51 bits per heavy atom. The molecule has 0 fully saturated rings. The fraction of sp³-hybridized carbons (Fsp3) is 0.290. The molecule has 202 valence electrons. The van der Waals surface area contributed by atoms with Gasteiger partial charge in [-0.3, -0.25) is 9.69 Å². The number of rotatable bonds is 10. The van der Waals surface area contributed by atoms with E-state index in [2.05, 4.69) is 4.98 Å². The molecule has 3 aromatic carbocycles. The second kappa shape index (κ2) is 13.4. The zero-order valence-electron chi connectivity index (χ0n) is 22.3. The maximum absolute atomic E-state index is 13.9. The molecule has 0 saturated carbocycles. The van der Waals surface area contributed by atoms with Crippen molar-refractivity contribution < 1.29 is 23.5 Å². The predicted octanol–water partition coefficient (Wildman–Crippen LogP) is 6.71. The number of para-hydroxylation sites is 2. The number of ether oxygens (including phenoxy) is 1. The van der Waals surface area contributed by atoms with Gasteiger partial charge in [-0.15, -0.1) is 0 Å². The van der Waals surface area contributed by atoms with Crippen LogP contribution in [0.5, 0.6) is 0 Å². The quantitative estimate of drug-likeness (QED) is 0.228. The average Bonchev–Trinajstić information content (AvgIpc) is 3.42. The molecule has 0 spiro atoms. The molecule has 4 aromatic rings. The van der Waals surface area contributed by atoms with Gasteiger partial charge < -0.3 is 9.15 Å². The van der Waals surface area contributed by atoms with Crippen LogP contribution in [0.25, 0.3) is 11.1 Å². The molecular weight excluding hydrogens is 494 g/mol. The molecular formula is C31H33N3O5. The molecule has 0 radical (unpaired) electrons. The molecule has 1 aromatic heterocycles. The highest BCUT2D eigenvalue weighted by Crippen LogP contribution is 2.19. The first-order valence-corrected chi connectivity index (χ1v) is 13.2. The third-order valence-electron chi connectivity index (χ3n) is 6.49. The highest BCUT2D eigenvalue weighted by molar-refractivity contribution is 6.05. The molecule has 0 aliphatic heterocycles. The van der Waals surface area contributed by atoms with Gasteiger partial charge in [-0.1, -0.05) is 93.1 Å². The van der Waals surface area contributed by atoms with E-state index in [4.69, 9.17) is 9.15 Å². The maximum Gasteiger partial charge on any atom is 0.418 e. The Balaban J connectivity index is 1.58. The number of amides is 4. The number of hydrogen-bond acceptors (Lipinski definition) is 6. The van der Waals surface area contributed by atoms with Crippen molar-refractivity contribution in [3.8, 4) is 0 Å². The van der Waals surface area contributed by atoms with Crippen LogP contribution in [-0.4, -0.2) is 45.9 Å². The van der Waals surface area contributed by atoms with Crippen LogP contribution < -0.4 is 0 Å². The van der Waals surface area contributed by atoms with E-state index in [9.17, 15) is 14.4 Å². The Morgan fingerprint density at radius 1 is 0.872 bits per heavy atom. The number of hydrogen-bond donors (Lipinski definition) is 0. The van der Waals surface area contributed by atoms with Gasteiger partial charge in [0.1, 0.15) is 12.1 Å². The number of imide groups is 2. The minimum Gasteiger partial charge on any atom is -0.444 e. The molecule has 0 saturated heterocycles. The first kappa shape index (κ1) is 27.6. The fourth-order valence-corrected chi connectivity index (χ4v) is 4.06. The Labute approximate surface area is 228 Å². The summed E-state index contributed by atoms with van der Waals surface area (Å²) in [5.74, 6) is -0.900. The van der Waals surface area contributed by atoms with E-state index >= 15 is 0 Å². The second-order valence-electron chi connectivity index (χ2n) is 9.48. The van der Waals surface area contributed by atoms with Crippen LogP contribution in [-0.2, 0) is 17.8 Å². The summed E-state index contributed by atoms with van der Waals surface area (Å²) in [4.78, 5) is 47.1. The van der Waals surface area contributed by atoms with E-state index < -0.39 is 18.0 Å². The lowest BCUT2D eigenvalue weighted by Crippen LogP contribution is -2.50. The van der Waals surface area contributed by atoms with Gasteiger partial charge in [0.05, 0.1) is 0 Å². The minimum absolute atomic E-state index is 0.00354. The van der Waals surface area contributed by atoms with Gasteiger partial charge in [0.15, 0.2) is 5.58 Å². The lowest BCUT2D eigenvalue weighted by Gasteiger charge is -2.28. The highest BCUT2D eigenvalue weighted by atomic mass is 16.6. The number of aromatic nitrogens is 1. The van der Waals surface area contributed by atoms with Gasteiger partial charge in [-0.25, -0.2) is 19.5 Å². The van der Waals surface area contributed by atoms with Crippen molar-refractivity contribution in [2.75, 3.05) is 13.1 Å². The van der Waals surface area contributed by atoms with Crippen molar-refractivity contribution >= 4 is 29.1 Å². The molecule has 0 aliphatic rings. The van der Waals surface area contributed by atoms with Crippen LogP contribution >= 0.6 is 0 Å². The van der Waals surface area contributed by atoms with E-state index in [-0.39, 0.29) is 31.5 Å². The van der Waals surface area contributed by atoms with E-state index in [1.54, 1.807) is 24.3 Å². The largest absolute Gasteiger partial charge is 0.444 e. The summed E-state index contributed by atoms with van der Waals surface area (Å²) in [6, 6.07) is 25.3. The van der Waals surface area contributed by atoms with Crippen LogP contribution in [0, 0.1) is 5.92 Å². The van der Waals surface area contributed by atoms with Crippen molar-refractivity contribution in [1.82, 2.24) is 14.8 Å². The zero-order chi connectivity index (χ0) is 27.6. The van der Waals surface area contributed by atoms with Crippen LogP contribution in [0.4, 0.5) is 9.59 Å². The smallest absolute Gasteiger partial charge is 0.418 e. The van der Waals surface area contributed by atoms with Crippen LogP contribution in [0.3, 0.4) is 0 Å². The number of carbonyl (C=O) groups is 3. The molecule has 4 rings (SSSR count). The first-order chi connectivity index (χ1) is 19.0. The van der Waals surface area contributed by atoms with E-state index in [1.807, 2.05) is 74.5 Å². The third kappa shape index (κ3) is 7.31. The second-order valence-corrected chi connectivity index (χ2v) is 9.48. The number of aryl methyl sites for hydroxylation is 1. The summed E-state index contributed by atoms with van der Waals surface area (Å²) in [5.41, 5.74) is 2.83. The standard InChI is InChI=1S/C31H33N3O5/c1-3-23(2)21-34(31(37)38-22-25-15-8-5-9-16-25)30(36)33(20-12-17-24-13-6-4-7-14-24)29(35)28-32-26-18-10-11-19-27(26)39-28/h4-11,13-16,18-19,23H,3,12,17,20-22H2,1-2H3. The number of benzene rings is 3. The number of nitrogens with zero attached hydrogens (tertiary/aromatic N) is 3.